The first-order chi connectivity index (χ1) is 10.1. The van der Waals surface area contributed by atoms with Gasteiger partial charge in [-0.2, -0.15) is 0 Å². The number of hydrogen-bond acceptors (Lipinski definition) is 4. The molecule has 0 aliphatic heterocycles. The summed E-state index contributed by atoms with van der Waals surface area (Å²) in [5.74, 6) is -0.469. The predicted molar refractivity (Wildman–Crippen MR) is 81.2 cm³/mol. The summed E-state index contributed by atoms with van der Waals surface area (Å²) >= 11 is 6.22. The molecule has 2 N–H and O–H groups in total. The fourth-order valence-corrected chi connectivity index (χ4v) is 2.23. The molecule has 0 fully saturated rings. The molecule has 5 nitrogen and oxygen atoms in total. The molecule has 0 saturated carbocycles. The zero-order valence-electron chi connectivity index (χ0n) is 10.7. The van der Waals surface area contributed by atoms with E-state index in [9.17, 15) is 4.79 Å². The molecular weight excluding hydrogens is 290 g/mol. The van der Waals surface area contributed by atoms with Crippen LogP contribution in [0.25, 0.3) is 10.9 Å². The van der Waals surface area contributed by atoms with Gasteiger partial charge in [0.2, 0.25) is 0 Å². The molecule has 3 aromatic rings. The highest BCUT2D eigenvalue weighted by Crippen LogP contribution is 2.27. The van der Waals surface area contributed by atoms with Crippen molar-refractivity contribution < 1.29 is 9.90 Å². The highest BCUT2D eigenvalue weighted by molar-refractivity contribution is 6.35. The highest BCUT2D eigenvalue weighted by atomic mass is 35.5. The van der Waals surface area contributed by atoms with Crippen molar-refractivity contribution in [1.29, 1.82) is 0 Å². The third kappa shape index (κ3) is 2.78. The number of pyridine rings is 2. The Morgan fingerprint density at radius 3 is 2.81 bits per heavy atom. The third-order valence-corrected chi connectivity index (χ3v) is 3.25. The Balaban J connectivity index is 2.06. The van der Waals surface area contributed by atoms with Gasteiger partial charge in [-0.05, 0) is 24.3 Å². The Kier molecular flexibility index (Phi) is 3.41. The molecule has 0 amide bonds. The molecule has 0 radical (unpaired) electrons. The standard InChI is InChI=1S/C15H10ClN3O2/c16-12-7-14(18-10-2-1-5-17-8-10)19-13-6-9(15(20)21)3-4-11(12)13/h1-8H,(H,18,19)(H,20,21). The first-order valence-electron chi connectivity index (χ1n) is 6.14. The Labute approximate surface area is 125 Å². The summed E-state index contributed by atoms with van der Waals surface area (Å²) in [6, 6.07) is 10.00. The van der Waals surface area contributed by atoms with Gasteiger partial charge in [-0.3, -0.25) is 4.98 Å². The number of aromatic carboxylic acids is 1. The molecule has 21 heavy (non-hydrogen) atoms. The molecule has 2 aromatic heterocycles. The zero-order chi connectivity index (χ0) is 14.8. The van der Waals surface area contributed by atoms with Crippen LogP contribution in [0.3, 0.4) is 0 Å². The van der Waals surface area contributed by atoms with Crippen molar-refractivity contribution >= 4 is 40.0 Å². The summed E-state index contributed by atoms with van der Waals surface area (Å²) in [6.07, 6.45) is 3.33. The summed E-state index contributed by atoms with van der Waals surface area (Å²) in [5.41, 5.74) is 1.47. The smallest absolute Gasteiger partial charge is 0.335 e. The molecule has 0 spiro atoms. The fraction of sp³-hybridized carbons (Fsp3) is 0. The minimum atomic E-state index is -1.000. The van der Waals surface area contributed by atoms with E-state index in [1.54, 1.807) is 30.6 Å². The molecular formula is C15H10ClN3O2. The van der Waals surface area contributed by atoms with Crippen molar-refractivity contribution in [2.45, 2.75) is 0 Å². The van der Waals surface area contributed by atoms with Crippen molar-refractivity contribution in [2.24, 2.45) is 0 Å². The molecule has 0 atom stereocenters. The number of rotatable bonds is 3. The molecule has 0 bridgehead atoms. The second-order valence-corrected chi connectivity index (χ2v) is 4.80. The van der Waals surface area contributed by atoms with Gasteiger partial charge >= 0.3 is 5.97 Å². The van der Waals surface area contributed by atoms with Crippen LogP contribution in [0, 0.1) is 0 Å². The Hall–Kier alpha value is -2.66. The average molecular weight is 300 g/mol. The van der Waals surface area contributed by atoms with E-state index in [4.69, 9.17) is 16.7 Å². The maximum atomic E-state index is 11.0. The summed E-state index contributed by atoms with van der Waals surface area (Å²) in [5, 5.41) is 13.3. The molecule has 3 rings (SSSR count). The minimum absolute atomic E-state index is 0.171. The average Bonchev–Trinajstić information content (AvgIpc) is 2.47. The normalized spacial score (nSPS) is 10.5. The number of carboxylic acids is 1. The maximum absolute atomic E-state index is 11.0. The molecule has 2 heterocycles. The molecule has 0 saturated heterocycles. The number of halogens is 1. The lowest BCUT2D eigenvalue weighted by Crippen LogP contribution is -1.98. The van der Waals surface area contributed by atoms with Crippen LogP contribution in [0.1, 0.15) is 10.4 Å². The maximum Gasteiger partial charge on any atom is 0.335 e. The lowest BCUT2D eigenvalue weighted by molar-refractivity contribution is 0.0697. The van der Waals surface area contributed by atoms with E-state index in [2.05, 4.69) is 15.3 Å². The molecule has 6 heteroatoms. The number of nitrogens with zero attached hydrogens (tertiary/aromatic N) is 2. The van der Waals surface area contributed by atoms with E-state index in [0.717, 1.165) is 5.69 Å². The number of fused-ring (bicyclic) bond motifs is 1. The minimum Gasteiger partial charge on any atom is -0.478 e. The van der Waals surface area contributed by atoms with Gasteiger partial charge in [-0.15, -0.1) is 0 Å². The summed E-state index contributed by atoms with van der Waals surface area (Å²) < 4.78 is 0. The van der Waals surface area contributed by atoms with Crippen molar-refractivity contribution in [1.82, 2.24) is 9.97 Å². The van der Waals surface area contributed by atoms with Gasteiger partial charge in [0.1, 0.15) is 5.82 Å². The van der Waals surface area contributed by atoms with Crippen molar-refractivity contribution in [2.75, 3.05) is 5.32 Å². The third-order valence-electron chi connectivity index (χ3n) is 2.94. The Bertz CT molecular complexity index is 822. The number of anilines is 2. The largest absolute Gasteiger partial charge is 0.478 e. The van der Waals surface area contributed by atoms with E-state index < -0.39 is 5.97 Å². The van der Waals surface area contributed by atoms with E-state index in [0.29, 0.717) is 21.7 Å². The van der Waals surface area contributed by atoms with Crippen LogP contribution in [0.4, 0.5) is 11.5 Å². The SMILES string of the molecule is O=C(O)c1ccc2c(Cl)cc(Nc3cccnc3)nc2c1. The number of carboxylic acid groups (broad SMARTS) is 1. The van der Waals surface area contributed by atoms with Crippen LogP contribution < -0.4 is 5.32 Å². The van der Waals surface area contributed by atoms with Gasteiger partial charge < -0.3 is 10.4 Å². The van der Waals surface area contributed by atoms with Crippen LogP contribution in [-0.4, -0.2) is 21.0 Å². The lowest BCUT2D eigenvalue weighted by Gasteiger charge is -2.08. The fourth-order valence-electron chi connectivity index (χ4n) is 1.97. The lowest BCUT2D eigenvalue weighted by atomic mass is 10.1. The summed E-state index contributed by atoms with van der Waals surface area (Å²) in [6.45, 7) is 0. The summed E-state index contributed by atoms with van der Waals surface area (Å²) in [7, 11) is 0. The second kappa shape index (κ2) is 5.38. The predicted octanol–water partition coefficient (Wildman–Crippen LogP) is 3.73. The molecule has 0 aliphatic carbocycles. The topological polar surface area (TPSA) is 75.1 Å². The van der Waals surface area contributed by atoms with Gasteiger partial charge in [-0.1, -0.05) is 17.7 Å². The van der Waals surface area contributed by atoms with Crippen LogP contribution >= 0.6 is 11.6 Å². The van der Waals surface area contributed by atoms with Crippen LogP contribution in [0.2, 0.25) is 5.02 Å². The van der Waals surface area contributed by atoms with Gasteiger partial charge in [0.05, 0.1) is 28.0 Å². The second-order valence-electron chi connectivity index (χ2n) is 4.39. The highest BCUT2D eigenvalue weighted by Gasteiger charge is 2.08. The number of hydrogen-bond donors (Lipinski definition) is 2. The van der Waals surface area contributed by atoms with Gasteiger partial charge in [0, 0.05) is 17.6 Å². The monoisotopic (exact) mass is 299 g/mol. The summed E-state index contributed by atoms with van der Waals surface area (Å²) in [4.78, 5) is 19.4. The van der Waals surface area contributed by atoms with Crippen LogP contribution in [0.15, 0.2) is 48.8 Å². The Morgan fingerprint density at radius 1 is 1.24 bits per heavy atom. The molecule has 0 unspecified atom stereocenters. The van der Waals surface area contributed by atoms with E-state index in [1.165, 1.54) is 12.1 Å². The first-order valence-corrected chi connectivity index (χ1v) is 6.52. The quantitative estimate of drug-likeness (QED) is 0.771. The van der Waals surface area contributed by atoms with E-state index >= 15 is 0 Å². The Morgan fingerprint density at radius 2 is 2.10 bits per heavy atom. The van der Waals surface area contributed by atoms with Crippen molar-refractivity contribution in [3.8, 4) is 0 Å². The van der Waals surface area contributed by atoms with Crippen LogP contribution in [0.5, 0.6) is 0 Å². The van der Waals surface area contributed by atoms with Gasteiger partial charge in [-0.25, -0.2) is 9.78 Å². The number of aromatic nitrogens is 2. The van der Waals surface area contributed by atoms with Gasteiger partial charge in [0.25, 0.3) is 0 Å². The van der Waals surface area contributed by atoms with Crippen molar-refractivity contribution in [3.05, 3.63) is 59.4 Å². The first kappa shape index (κ1) is 13.3. The van der Waals surface area contributed by atoms with E-state index in [-0.39, 0.29) is 5.56 Å². The van der Waals surface area contributed by atoms with E-state index in [1.807, 2.05) is 6.07 Å². The van der Waals surface area contributed by atoms with Crippen molar-refractivity contribution in [3.63, 3.8) is 0 Å². The zero-order valence-corrected chi connectivity index (χ0v) is 11.5. The molecule has 104 valence electrons. The number of nitrogens with one attached hydrogen (secondary N) is 1. The number of carbonyl (C=O) groups is 1. The number of benzene rings is 1. The van der Waals surface area contributed by atoms with Crippen LogP contribution in [-0.2, 0) is 0 Å². The molecule has 0 aliphatic rings. The van der Waals surface area contributed by atoms with Gasteiger partial charge in [0.15, 0.2) is 0 Å². The molecule has 1 aromatic carbocycles.